The third-order valence-electron chi connectivity index (χ3n) is 2.71. The van der Waals surface area contributed by atoms with Crippen molar-refractivity contribution in [3.05, 3.63) is 35.9 Å². The number of carbonyl (C=O) groups is 2. The second-order valence-electron chi connectivity index (χ2n) is 4.05. The van der Waals surface area contributed by atoms with E-state index in [2.05, 4.69) is 4.99 Å². The van der Waals surface area contributed by atoms with Crippen molar-refractivity contribution in [2.75, 3.05) is 12.4 Å². The summed E-state index contributed by atoms with van der Waals surface area (Å²) < 4.78 is 4.91. The highest BCUT2D eigenvalue weighted by Crippen LogP contribution is 2.21. The predicted octanol–water partition coefficient (Wildman–Crippen LogP) is 1.99. The van der Waals surface area contributed by atoms with Gasteiger partial charge in [0.05, 0.1) is 6.61 Å². The molecule has 0 radical (unpaired) electrons. The molecule has 100 valence electrons. The van der Waals surface area contributed by atoms with E-state index < -0.39 is 6.04 Å². The van der Waals surface area contributed by atoms with Crippen LogP contribution in [0.15, 0.2) is 35.3 Å². The number of ether oxygens (including phenoxy) is 1. The lowest BCUT2D eigenvalue weighted by Crippen LogP contribution is -2.32. The molecular weight excluding hydrogens is 262 g/mol. The van der Waals surface area contributed by atoms with Gasteiger partial charge in [-0.25, -0.2) is 4.79 Å². The number of nitrogens with zero attached hydrogens (tertiary/aromatic N) is 1. The highest BCUT2D eigenvalue weighted by Gasteiger charge is 2.28. The number of hydrogen-bond acceptors (Lipinski definition) is 5. The molecule has 0 aromatic heterocycles. The molecule has 0 spiro atoms. The Morgan fingerprint density at radius 3 is 2.68 bits per heavy atom. The van der Waals surface area contributed by atoms with Gasteiger partial charge in [-0.1, -0.05) is 30.3 Å². The van der Waals surface area contributed by atoms with Gasteiger partial charge in [0.15, 0.2) is 11.8 Å². The van der Waals surface area contributed by atoms with Crippen molar-refractivity contribution in [3.63, 3.8) is 0 Å². The van der Waals surface area contributed by atoms with Gasteiger partial charge in [0.25, 0.3) is 0 Å². The van der Waals surface area contributed by atoms with E-state index in [0.29, 0.717) is 17.9 Å². The van der Waals surface area contributed by atoms with Crippen LogP contribution in [0.2, 0.25) is 0 Å². The fourth-order valence-corrected chi connectivity index (χ4v) is 2.80. The summed E-state index contributed by atoms with van der Waals surface area (Å²) in [6, 6.07) is 8.63. The summed E-state index contributed by atoms with van der Waals surface area (Å²) in [5, 5.41) is -0.312. The van der Waals surface area contributed by atoms with Gasteiger partial charge in [-0.2, -0.15) is 0 Å². The summed E-state index contributed by atoms with van der Waals surface area (Å²) >= 11 is 1.43. The molecule has 0 fully saturated rings. The molecule has 19 heavy (non-hydrogen) atoms. The summed E-state index contributed by atoms with van der Waals surface area (Å²) in [5.41, 5.74) is 0.668. The Kier molecular flexibility index (Phi) is 4.74. The summed E-state index contributed by atoms with van der Waals surface area (Å²) in [5.74, 6) is 0.187. The number of aliphatic imine (C=N–C) groups is 1. The number of hydrogen-bond donors (Lipinski definition) is 0. The van der Waals surface area contributed by atoms with Crippen LogP contribution in [0.1, 0.15) is 17.3 Å². The number of carbonyl (C=O) groups excluding carboxylic acids is 2. The molecule has 5 heteroatoms. The number of ketones is 1. The largest absolute Gasteiger partial charge is 0.464 e. The molecule has 0 bridgehead atoms. The molecule has 2 atom stereocenters. The Morgan fingerprint density at radius 2 is 2.11 bits per heavy atom. The Balaban J connectivity index is 2.00. The molecule has 2 rings (SSSR count). The summed E-state index contributed by atoms with van der Waals surface area (Å²) in [4.78, 5) is 27.8. The minimum Gasteiger partial charge on any atom is -0.464 e. The Labute approximate surface area is 116 Å². The van der Waals surface area contributed by atoms with Crippen molar-refractivity contribution in [1.82, 2.24) is 0 Å². The highest BCUT2D eigenvalue weighted by molar-refractivity contribution is 8.01. The topological polar surface area (TPSA) is 55.7 Å². The van der Waals surface area contributed by atoms with Crippen molar-refractivity contribution >= 4 is 29.7 Å². The lowest BCUT2D eigenvalue weighted by atomic mass is 10.1. The molecule has 0 saturated heterocycles. The van der Waals surface area contributed by atoms with Crippen LogP contribution in [-0.2, 0) is 9.53 Å². The lowest BCUT2D eigenvalue weighted by Gasteiger charge is -2.19. The zero-order chi connectivity index (χ0) is 13.7. The molecule has 0 amide bonds. The molecule has 0 aliphatic carbocycles. The Bertz CT molecular complexity index is 487. The molecule has 0 N–H and O–H groups in total. The van der Waals surface area contributed by atoms with E-state index in [1.165, 1.54) is 11.8 Å². The standard InChI is InChI=1S/C14H15NO3S/c1-2-18-14(17)11-9-19-12(8-15-11)13(16)10-6-4-3-5-7-10/h3-8,11-12H,2,9H2,1H3. The number of esters is 1. The van der Waals surface area contributed by atoms with Crippen LogP contribution < -0.4 is 0 Å². The van der Waals surface area contributed by atoms with Crippen LogP contribution in [0, 0.1) is 0 Å². The summed E-state index contributed by atoms with van der Waals surface area (Å²) in [6.07, 6.45) is 1.56. The van der Waals surface area contributed by atoms with E-state index in [9.17, 15) is 9.59 Å². The van der Waals surface area contributed by atoms with E-state index in [1.807, 2.05) is 18.2 Å². The summed E-state index contributed by atoms with van der Waals surface area (Å²) in [6.45, 7) is 2.11. The van der Waals surface area contributed by atoms with Crippen LogP contribution >= 0.6 is 11.8 Å². The maximum absolute atomic E-state index is 12.2. The van der Waals surface area contributed by atoms with Crippen LogP contribution in [0.4, 0.5) is 0 Å². The molecule has 1 aliphatic heterocycles. The van der Waals surface area contributed by atoms with Crippen LogP contribution in [0.25, 0.3) is 0 Å². The molecule has 1 aromatic carbocycles. The number of Topliss-reactive ketones (excluding diaryl/α,β-unsaturated/α-hetero) is 1. The molecule has 1 heterocycles. The van der Waals surface area contributed by atoms with Crippen molar-refractivity contribution in [1.29, 1.82) is 0 Å². The van der Waals surface area contributed by atoms with Crippen LogP contribution in [0.5, 0.6) is 0 Å². The van der Waals surface area contributed by atoms with Gasteiger partial charge in [0, 0.05) is 17.5 Å². The predicted molar refractivity (Wildman–Crippen MR) is 75.9 cm³/mol. The minimum absolute atomic E-state index is 0.0247. The fraction of sp³-hybridized carbons (Fsp3) is 0.357. The van der Waals surface area contributed by atoms with Gasteiger partial charge in [0.1, 0.15) is 5.25 Å². The van der Waals surface area contributed by atoms with Gasteiger partial charge in [-0.05, 0) is 6.92 Å². The van der Waals surface area contributed by atoms with Gasteiger partial charge >= 0.3 is 5.97 Å². The zero-order valence-corrected chi connectivity index (χ0v) is 11.4. The molecule has 1 aliphatic rings. The maximum atomic E-state index is 12.2. The quantitative estimate of drug-likeness (QED) is 0.624. The second kappa shape index (κ2) is 6.52. The number of thioether (sulfide) groups is 1. The lowest BCUT2D eigenvalue weighted by molar-refractivity contribution is -0.143. The smallest absolute Gasteiger partial charge is 0.331 e. The van der Waals surface area contributed by atoms with Gasteiger partial charge in [-0.15, -0.1) is 11.8 Å². The van der Waals surface area contributed by atoms with Crippen molar-refractivity contribution < 1.29 is 14.3 Å². The van der Waals surface area contributed by atoms with Crippen LogP contribution in [-0.4, -0.2) is 41.6 Å². The fourth-order valence-electron chi connectivity index (χ4n) is 1.74. The monoisotopic (exact) mass is 277 g/mol. The average Bonchev–Trinajstić information content (AvgIpc) is 2.48. The summed E-state index contributed by atoms with van der Waals surface area (Å²) in [7, 11) is 0. The first-order valence-corrected chi connectivity index (χ1v) is 7.18. The van der Waals surface area contributed by atoms with Crippen LogP contribution in [0.3, 0.4) is 0 Å². The molecule has 2 unspecified atom stereocenters. The third-order valence-corrected chi connectivity index (χ3v) is 3.91. The Morgan fingerprint density at radius 1 is 1.37 bits per heavy atom. The van der Waals surface area contributed by atoms with Crippen molar-refractivity contribution in [3.8, 4) is 0 Å². The first kappa shape index (κ1) is 13.8. The van der Waals surface area contributed by atoms with Gasteiger partial charge in [-0.3, -0.25) is 9.79 Å². The van der Waals surface area contributed by atoms with E-state index in [-0.39, 0.29) is 17.0 Å². The van der Waals surface area contributed by atoms with Gasteiger partial charge in [0.2, 0.25) is 0 Å². The van der Waals surface area contributed by atoms with E-state index in [0.717, 1.165) is 0 Å². The minimum atomic E-state index is -0.482. The van der Waals surface area contributed by atoms with E-state index in [1.54, 1.807) is 25.3 Å². The molecule has 4 nitrogen and oxygen atoms in total. The maximum Gasteiger partial charge on any atom is 0.331 e. The number of benzene rings is 1. The second-order valence-corrected chi connectivity index (χ2v) is 5.22. The zero-order valence-electron chi connectivity index (χ0n) is 10.6. The molecular formula is C14H15NO3S. The molecule has 0 saturated carbocycles. The van der Waals surface area contributed by atoms with Gasteiger partial charge < -0.3 is 4.74 Å². The highest BCUT2D eigenvalue weighted by atomic mass is 32.2. The van der Waals surface area contributed by atoms with E-state index in [4.69, 9.17) is 4.74 Å². The Hall–Kier alpha value is -1.62. The SMILES string of the molecule is CCOC(=O)C1CSC(C(=O)c2ccccc2)C=N1. The first-order chi connectivity index (χ1) is 9.22. The van der Waals surface area contributed by atoms with E-state index >= 15 is 0 Å². The first-order valence-electron chi connectivity index (χ1n) is 6.13. The number of rotatable bonds is 4. The molecule has 1 aromatic rings. The normalized spacial score (nSPS) is 21.9. The third kappa shape index (κ3) is 3.44. The average molecular weight is 277 g/mol. The van der Waals surface area contributed by atoms with Crippen molar-refractivity contribution in [2.45, 2.75) is 18.2 Å². The van der Waals surface area contributed by atoms with Crippen molar-refractivity contribution in [2.24, 2.45) is 4.99 Å².